The number of aromatic nitrogens is 1. The quantitative estimate of drug-likeness (QED) is 0.695. The number of aryl methyl sites for hydroxylation is 1. The van der Waals surface area contributed by atoms with Crippen LogP contribution in [0.15, 0.2) is 18.3 Å². The molecule has 1 N–H and O–H groups in total. The molecule has 1 atom stereocenters. The predicted octanol–water partition coefficient (Wildman–Crippen LogP) is 1.65. The predicted molar refractivity (Wildman–Crippen MR) is 43.9 cm³/mol. The lowest BCUT2D eigenvalue weighted by Crippen LogP contribution is -1.99. The van der Waals surface area contributed by atoms with Gasteiger partial charge in [0, 0.05) is 17.5 Å². The van der Waals surface area contributed by atoms with Gasteiger partial charge in [-0.25, -0.2) is 0 Å². The van der Waals surface area contributed by atoms with Gasteiger partial charge in [0.1, 0.15) is 0 Å². The van der Waals surface area contributed by atoms with Crippen LogP contribution in [0.3, 0.4) is 0 Å². The number of aliphatic hydroxyl groups excluding tert-OH is 1. The van der Waals surface area contributed by atoms with E-state index in [0.29, 0.717) is 6.42 Å². The summed E-state index contributed by atoms with van der Waals surface area (Å²) in [5, 5.41) is 9.41. The Morgan fingerprint density at radius 3 is 3.00 bits per heavy atom. The fraction of sp³-hybridized carbons (Fsp3) is 0.333. The summed E-state index contributed by atoms with van der Waals surface area (Å²) in [4.78, 5) is 4.06. The summed E-state index contributed by atoms with van der Waals surface area (Å²) in [6, 6.07) is 3.69. The summed E-state index contributed by atoms with van der Waals surface area (Å²) in [7, 11) is 0. The van der Waals surface area contributed by atoms with Gasteiger partial charge in [0.05, 0.1) is 6.10 Å². The molecule has 0 saturated carbocycles. The summed E-state index contributed by atoms with van der Waals surface area (Å²) in [5.74, 6) is 0. The van der Waals surface area contributed by atoms with Crippen molar-refractivity contribution in [2.75, 3.05) is 0 Å². The van der Waals surface area contributed by atoms with Crippen molar-refractivity contribution >= 4 is 0 Å². The van der Waals surface area contributed by atoms with Crippen molar-refractivity contribution in [1.29, 1.82) is 0 Å². The molecule has 0 amide bonds. The standard InChI is InChI=1S/C9H12NO/c1-3-9(11)8-5-4-6-10-7(8)2/h4-6,9,11H,1,3H2,2H3. The summed E-state index contributed by atoms with van der Waals surface area (Å²) >= 11 is 0. The van der Waals surface area contributed by atoms with Gasteiger partial charge in [-0.05, 0) is 19.4 Å². The second-order valence-electron chi connectivity index (χ2n) is 2.48. The van der Waals surface area contributed by atoms with Gasteiger partial charge in [-0.1, -0.05) is 13.0 Å². The highest BCUT2D eigenvalue weighted by Crippen LogP contribution is 2.17. The molecule has 0 aliphatic carbocycles. The highest BCUT2D eigenvalue weighted by Gasteiger charge is 2.06. The zero-order valence-electron chi connectivity index (χ0n) is 6.62. The number of rotatable bonds is 2. The molecule has 2 nitrogen and oxygen atoms in total. The zero-order chi connectivity index (χ0) is 8.27. The first-order valence-electron chi connectivity index (χ1n) is 3.64. The van der Waals surface area contributed by atoms with Crippen molar-refractivity contribution in [3.05, 3.63) is 36.5 Å². The summed E-state index contributed by atoms with van der Waals surface area (Å²) < 4.78 is 0. The molecule has 1 rings (SSSR count). The maximum atomic E-state index is 9.41. The Balaban J connectivity index is 2.93. The number of pyridine rings is 1. The average Bonchev–Trinajstić information content (AvgIpc) is 2.04. The van der Waals surface area contributed by atoms with E-state index in [1.807, 2.05) is 19.1 Å². The van der Waals surface area contributed by atoms with Crippen LogP contribution in [0.2, 0.25) is 0 Å². The van der Waals surface area contributed by atoms with Crippen LogP contribution in [0.1, 0.15) is 23.8 Å². The second-order valence-corrected chi connectivity index (χ2v) is 2.48. The van der Waals surface area contributed by atoms with Gasteiger partial charge in [-0.3, -0.25) is 4.98 Å². The van der Waals surface area contributed by atoms with Crippen molar-refractivity contribution in [3.63, 3.8) is 0 Å². The van der Waals surface area contributed by atoms with Gasteiger partial charge in [-0.15, -0.1) is 0 Å². The van der Waals surface area contributed by atoms with Crippen molar-refractivity contribution in [1.82, 2.24) is 4.98 Å². The highest BCUT2D eigenvalue weighted by atomic mass is 16.3. The number of hydrogen-bond donors (Lipinski definition) is 1. The Morgan fingerprint density at radius 2 is 2.45 bits per heavy atom. The van der Waals surface area contributed by atoms with Crippen molar-refractivity contribution < 1.29 is 5.11 Å². The van der Waals surface area contributed by atoms with E-state index in [1.54, 1.807) is 6.20 Å². The molecular weight excluding hydrogens is 138 g/mol. The summed E-state index contributed by atoms with van der Waals surface area (Å²) in [6.45, 7) is 5.51. The molecule has 0 bridgehead atoms. The molecule has 1 aromatic heterocycles. The third-order valence-electron chi connectivity index (χ3n) is 1.68. The van der Waals surface area contributed by atoms with Crippen molar-refractivity contribution in [3.8, 4) is 0 Å². The lowest BCUT2D eigenvalue weighted by atomic mass is 10.1. The molecule has 1 heterocycles. The fourth-order valence-electron chi connectivity index (χ4n) is 1.00. The highest BCUT2D eigenvalue weighted by molar-refractivity contribution is 5.20. The minimum absolute atomic E-state index is 0.469. The molecule has 59 valence electrons. The molecule has 1 aromatic rings. The van der Waals surface area contributed by atoms with Gasteiger partial charge in [-0.2, -0.15) is 0 Å². The van der Waals surface area contributed by atoms with E-state index >= 15 is 0 Å². The van der Waals surface area contributed by atoms with Crippen molar-refractivity contribution in [2.24, 2.45) is 0 Å². The third-order valence-corrected chi connectivity index (χ3v) is 1.68. The van der Waals surface area contributed by atoms with E-state index in [1.165, 1.54) is 0 Å². The second kappa shape index (κ2) is 3.49. The molecule has 0 aromatic carbocycles. The monoisotopic (exact) mass is 150 g/mol. The molecule has 1 radical (unpaired) electrons. The number of hydrogen-bond acceptors (Lipinski definition) is 2. The lowest BCUT2D eigenvalue weighted by Gasteiger charge is -2.09. The summed E-state index contributed by atoms with van der Waals surface area (Å²) in [6.07, 6.45) is 1.74. The van der Waals surface area contributed by atoms with Crippen LogP contribution < -0.4 is 0 Å². The molecule has 2 heteroatoms. The smallest absolute Gasteiger partial charge is 0.0807 e. The van der Waals surface area contributed by atoms with E-state index in [9.17, 15) is 5.11 Å². The fourth-order valence-corrected chi connectivity index (χ4v) is 1.00. The molecule has 0 fully saturated rings. The maximum Gasteiger partial charge on any atom is 0.0807 e. The van der Waals surface area contributed by atoms with Crippen LogP contribution >= 0.6 is 0 Å². The molecule has 0 saturated heterocycles. The van der Waals surface area contributed by atoms with Crippen LogP contribution in [0.25, 0.3) is 0 Å². The van der Waals surface area contributed by atoms with Crippen LogP contribution in [0, 0.1) is 13.8 Å². The molecule has 0 spiro atoms. The molecule has 1 unspecified atom stereocenters. The Labute approximate surface area is 66.9 Å². The molecular formula is C9H12NO. The van der Waals surface area contributed by atoms with Gasteiger partial charge in [0.2, 0.25) is 0 Å². The van der Waals surface area contributed by atoms with E-state index in [-0.39, 0.29) is 0 Å². The Hall–Kier alpha value is -0.890. The van der Waals surface area contributed by atoms with Crippen LogP contribution in [0.5, 0.6) is 0 Å². The van der Waals surface area contributed by atoms with E-state index in [4.69, 9.17) is 0 Å². The van der Waals surface area contributed by atoms with E-state index in [0.717, 1.165) is 11.3 Å². The Morgan fingerprint density at radius 1 is 1.73 bits per heavy atom. The Kier molecular flexibility index (Phi) is 2.60. The normalized spacial score (nSPS) is 13.0. The molecule has 0 aliphatic heterocycles. The first-order chi connectivity index (χ1) is 5.25. The van der Waals surface area contributed by atoms with Crippen LogP contribution in [-0.2, 0) is 0 Å². The van der Waals surface area contributed by atoms with Crippen molar-refractivity contribution in [2.45, 2.75) is 19.4 Å². The maximum absolute atomic E-state index is 9.41. The lowest BCUT2D eigenvalue weighted by molar-refractivity contribution is 0.179. The van der Waals surface area contributed by atoms with Gasteiger partial charge < -0.3 is 5.11 Å². The first-order valence-corrected chi connectivity index (χ1v) is 3.64. The van der Waals surface area contributed by atoms with Crippen LogP contribution in [-0.4, -0.2) is 10.1 Å². The van der Waals surface area contributed by atoms with Gasteiger partial charge in [0.25, 0.3) is 0 Å². The third kappa shape index (κ3) is 1.77. The number of aliphatic hydroxyl groups is 1. The SMILES string of the molecule is [CH2]CC(O)c1cccnc1C. The van der Waals surface area contributed by atoms with Crippen LogP contribution in [0.4, 0.5) is 0 Å². The largest absolute Gasteiger partial charge is 0.388 e. The average molecular weight is 150 g/mol. The summed E-state index contributed by atoms with van der Waals surface area (Å²) in [5.41, 5.74) is 1.76. The number of nitrogens with zero attached hydrogens (tertiary/aromatic N) is 1. The van der Waals surface area contributed by atoms with E-state index in [2.05, 4.69) is 11.9 Å². The minimum Gasteiger partial charge on any atom is -0.388 e. The Bertz CT molecular complexity index is 235. The zero-order valence-corrected chi connectivity index (χ0v) is 6.62. The minimum atomic E-state index is -0.469. The van der Waals surface area contributed by atoms with E-state index < -0.39 is 6.10 Å². The van der Waals surface area contributed by atoms with Gasteiger partial charge >= 0.3 is 0 Å². The topological polar surface area (TPSA) is 33.1 Å². The molecule has 11 heavy (non-hydrogen) atoms. The van der Waals surface area contributed by atoms with Gasteiger partial charge in [0.15, 0.2) is 0 Å². The first kappa shape index (κ1) is 8.21. The molecule has 0 aliphatic rings.